The standard InChI is InChI=1S/C11H27BN2O2.CO2/c1-3-14(4-2)10-8-11(13)7-5-6-9-12(15)16;2-1-3/h11,15-16H,3-10,13H2,1-2H3;. The summed E-state index contributed by atoms with van der Waals surface area (Å²) in [6, 6.07) is 0.247. The van der Waals surface area contributed by atoms with Crippen LogP contribution in [0.5, 0.6) is 0 Å². The van der Waals surface area contributed by atoms with Crippen LogP contribution in [0.4, 0.5) is 0 Å². The largest absolute Gasteiger partial charge is 0.451 e. The molecule has 0 amide bonds. The Morgan fingerprint density at radius 3 is 2.11 bits per heavy atom. The molecule has 0 radical (unpaired) electrons. The molecule has 0 saturated heterocycles. The van der Waals surface area contributed by atoms with E-state index in [4.69, 9.17) is 25.4 Å². The topological polar surface area (TPSA) is 104 Å². The molecule has 19 heavy (non-hydrogen) atoms. The van der Waals surface area contributed by atoms with E-state index >= 15 is 0 Å². The van der Waals surface area contributed by atoms with E-state index in [-0.39, 0.29) is 12.2 Å². The van der Waals surface area contributed by atoms with E-state index in [2.05, 4.69) is 18.7 Å². The minimum Gasteiger partial charge on any atom is -0.427 e. The maximum absolute atomic E-state index is 8.68. The van der Waals surface area contributed by atoms with Crippen molar-refractivity contribution in [3.05, 3.63) is 0 Å². The van der Waals surface area contributed by atoms with Crippen molar-refractivity contribution in [2.45, 2.75) is 51.9 Å². The molecule has 0 fully saturated rings. The maximum atomic E-state index is 8.68. The van der Waals surface area contributed by atoms with Crippen molar-refractivity contribution in [1.29, 1.82) is 0 Å². The van der Waals surface area contributed by atoms with Gasteiger partial charge >= 0.3 is 13.3 Å². The molecule has 0 aromatic rings. The Kier molecular flexibility index (Phi) is 16.6. The van der Waals surface area contributed by atoms with Gasteiger partial charge in [0.2, 0.25) is 0 Å². The van der Waals surface area contributed by atoms with E-state index in [1.54, 1.807) is 0 Å². The van der Waals surface area contributed by atoms with Gasteiger partial charge in [-0.25, -0.2) is 0 Å². The van der Waals surface area contributed by atoms with Gasteiger partial charge in [-0.2, -0.15) is 9.59 Å². The highest BCUT2D eigenvalue weighted by Gasteiger charge is 2.08. The van der Waals surface area contributed by atoms with Crippen LogP contribution in [0.15, 0.2) is 0 Å². The minimum absolute atomic E-state index is 0.247. The van der Waals surface area contributed by atoms with Crippen molar-refractivity contribution in [2.24, 2.45) is 5.73 Å². The van der Waals surface area contributed by atoms with E-state index in [0.29, 0.717) is 6.32 Å². The smallest absolute Gasteiger partial charge is 0.427 e. The van der Waals surface area contributed by atoms with Crippen molar-refractivity contribution in [2.75, 3.05) is 19.6 Å². The van der Waals surface area contributed by atoms with Gasteiger partial charge < -0.3 is 20.7 Å². The lowest BCUT2D eigenvalue weighted by Gasteiger charge is -2.20. The fourth-order valence-electron chi connectivity index (χ4n) is 1.77. The van der Waals surface area contributed by atoms with E-state index < -0.39 is 7.12 Å². The molecule has 1 atom stereocenters. The molecule has 0 bridgehead atoms. The average Bonchev–Trinajstić information content (AvgIpc) is 2.36. The fourth-order valence-corrected chi connectivity index (χ4v) is 1.77. The summed E-state index contributed by atoms with van der Waals surface area (Å²) in [6.07, 6.45) is 4.55. The predicted molar refractivity (Wildman–Crippen MR) is 74.2 cm³/mol. The zero-order valence-electron chi connectivity index (χ0n) is 12.0. The van der Waals surface area contributed by atoms with Crippen molar-refractivity contribution in [3.8, 4) is 0 Å². The van der Waals surface area contributed by atoms with Crippen molar-refractivity contribution < 1.29 is 19.6 Å². The van der Waals surface area contributed by atoms with Gasteiger partial charge in [0.25, 0.3) is 0 Å². The highest BCUT2D eigenvalue weighted by atomic mass is 16.4. The average molecular weight is 274 g/mol. The summed E-state index contributed by atoms with van der Waals surface area (Å²) < 4.78 is 0. The van der Waals surface area contributed by atoms with Crippen molar-refractivity contribution in [3.63, 3.8) is 0 Å². The SMILES string of the molecule is CCN(CC)CCC(N)CCCCB(O)O.O=C=O. The third-order valence-electron chi connectivity index (χ3n) is 3.00. The Labute approximate surface area is 116 Å². The highest BCUT2D eigenvalue weighted by molar-refractivity contribution is 6.40. The number of rotatable bonds is 10. The molecular formula is C12H27BN2O4. The van der Waals surface area contributed by atoms with Gasteiger partial charge in [0, 0.05) is 6.04 Å². The Hall–Kier alpha value is -0.715. The number of carbonyl (C=O) groups excluding carboxylic acids is 2. The van der Waals surface area contributed by atoms with Gasteiger partial charge in [0.05, 0.1) is 0 Å². The van der Waals surface area contributed by atoms with Crippen LogP contribution in [0, 0.1) is 0 Å². The van der Waals surface area contributed by atoms with Crippen molar-refractivity contribution in [1.82, 2.24) is 4.90 Å². The zero-order valence-corrected chi connectivity index (χ0v) is 12.0. The van der Waals surface area contributed by atoms with Crippen LogP contribution >= 0.6 is 0 Å². The second-order valence-electron chi connectivity index (χ2n) is 4.42. The number of nitrogens with two attached hydrogens (primary N) is 1. The molecule has 0 aliphatic rings. The Morgan fingerprint density at radius 2 is 1.68 bits per heavy atom. The summed E-state index contributed by atoms with van der Waals surface area (Å²) in [5.74, 6) is 0. The molecule has 112 valence electrons. The van der Waals surface area contributed by atoms with Crippen LogP contribution in [-0.2, 0) is 9.59 Å². The van der Waals surface area contributed by atoms with E-state index in [9.17, 15) is 0 Å². The van der Waals surface area contributed by atoms with Crippen LogP contribution in [0.3, 0.4) is 0 Å². The second kappa shape index (κ2) is 15.3. The number of unbranched alkanes of at least 4 members (excludes halogenated alkanes) is 1. The molecule has 0 spiro atoms. The summed E-state index contributed by atoms with van der Waals surface area (Å²) in [6.45, 7) is 7.56. The summed E-state index contributed by atoms with van der Waals surface area (Å²) in [4.78, 5) is 18.6. The molecule has 0 rings (SSSR count). The van der Waals surface area contributed by atoms with Gasteiger partial charge in [-0.05, 0) is 38.8 Å². The monoisotopic (exact) mass is 274 g/mol. The molecule has 0 aliphatic carbocycles. The first kappa shape index (κ1) is 20.6. The Balaban J connectivity index is 0. The second-order valence-corrected chi connectivity index (χ2v) is 4.42. The predicted octanol–water partition coefficient (Wildman–Crippen LogP) is 0.105. The maximum Gasteiger partial charge on any atom is 0.451 e. The Bertz CT molecular complexity index is 220. The summed E-state index contributed by atoms with van der Waals surface area (Å²) in [5.41, 5.74) is 6.00. The zero-order chi connectivity index (χ0) is 15.1. The molecule has 0 aromatic carbocycles. The van der Waals surface area contributed by atoms with Crippen LogP contribution in [0.1, 0.15) is 39.5 Å². The van der Waals surface area contributed by atoms with E-state index in [1.807, 2.05) is 0 Å². The van der Waals surface area contributed by atoms with Crippen LogP contribution < -0.4 is 5.73 Å². The van der Waals surface area contributed by atoms with Crippen molar-refractivity contribution >= 4 is 13.3 Å². The normalized spacial score (nSPS) is 11.5. The fraction of sp³-hybridized carbons (Fsp3) is 0.917. The number of nitrogens with zero attached hydrogens (tertiary/aromatic N) is 1. The van der Waals surface area contributed by atoms with Gasteiger partial charge in [0.1, 0.15) is 0 Å². The summed E-state index contributed by atoms with van der Waals surface area (Å²) >= 11 is 0. The van der Waals surface area contributed by atoms with E-state index in [0.717, 1.165) is 45.3 Å². The molecule has 6 nitrogen and oxygen atoms in total. The molecule has 0 heterocycles. The third-order valence-corrected chi connectivity index (χ3v) is 3.00. The number of hydrogen-bond donors (Lipinski definition) is 3. The molecular weight excluding hydrogens is 247 g/mol. The minimum atomic E-state index is -1.16. The molecule has 0 saturated carbocycles. The van der Waals surface area contributed by atoms with Gasteiger partial charge in [-0.3, -0.25) is 0 Å². The lowest BCUT2D eigenvalue weighted by molar-refractivity contribution is -0.191. The van der Waals surface area contributed by atoms with E-state index in [1.165, 1.54) is 0 Å². The highest BCUT2D eigenvalue weighted by Crippen LogP contribution is 2.06. The molecule has 1 unspecified atom stereocenters. The summed E-state index contributed by atoms with van der Waals surface area (Å²) in [7, 11) is -1.16. The van der Waals surface area contributed by atoms with Crippen LogP contribution in [0.25, 0.3) is 0 Å². The summed E-state index contributed by atoms with van der Waals surface area (Å²) in [5, 5.41) is 17.4. The van der Waals surface area contributed by atoms with Crippen LogP contribution in [0.2, 0.25) is 6.32 Å². The molecule has 4 N–H and O–H groups in total. The first-order valence-corrected chi connectivity index (χ1v) is 6.85. The first-order chi connectivity index (χ1) is 9.01. The quantitative estimate of drug-likeness (QED) is 0.386. The Morgan fingerprint density at radius 1 is 1.16 bits per heavy atom. The third kappa shape index (κ3) is 17.3. The molecule has 0 aromatic heterocycles. The lowest BCUT2D eigenvalue weighted by atomic mass is 9.83. The molecule has 0 aliphatic heterocycles. The van der Waals surface area contributed by atoms with Gasteiger partial charge in [-0.15, -0.1) is 0 Å². The van der Waals surface area contributed by atoms with Gasteiger partial charge in [0.15, 0.2) is 0 Å². The lowest BCUT2D eigenvalue weighted by Crippen LogP contribution is -2.30. The molecule has 7 heteroatoms. The number of hydrogen-bond acceptors (Lipinski definition) is 6. The van der Waals surface area contributed by atoms with Crippen LogP contribution in [-0.4, -0.2) is 53.9 Å². The van der Waals surface area contributed by atoms with Gasteiger partial charge in [-0.1, -0.05) is 26.7 Å². The first-order valence-electron chi connectivity index (χ1n) is 6.85.